The van der Waals surface area contributed by atoms with Gasteiger partial charge in [0.2, 0.25) is 5.91 Å². The second-order valence-corrected chi connectivity index (χ2v) is 8.33. The number of nitrogens with two attached hydrogens (primary N) is 1. The van der Waals surface area contributed by atoms with Crippen molar-refractivity contribution in [1.82, 2.24) is 9.97 Å². The third-order valence-electron chi connectivity index (χ3n) is 6.48. The Hall–Kier alpha value is -4.44. The number of nitrogens with zero attached hydrogens (tertiary/aromatic N) is 1. The van der Waals surface area contributed by atoms with Crippen LogP contribution in [0.3, 0.4) is 0 Å². The number of carbonyl (C=O) groups is 1. The Bertz CT molecular complexity index is 1250. The molecule has 0 bridgehead atoms. The van der Waals surface area contributed by atoms with Gasteiger partial charge in [-0.3, -0.25) is 4.79 Å². The highest BCUT2D eigenvalue weighted by atomic mass is 16.1. The van der Waals surface area contributed by atoms with E-state index < -0.39 is 11.3 Å². The summed E-state index contributed by atoms with van der Waals surface area (Å²) in [4.78, 5) is 19.5. The van der Waals surface area contributed by atoms with Gasteiger partial charge in [0.1, 0.15) is 0 Å². The summed E-state index contributed by atoms with van der Waals surface area (Å²) in [5.41, 5.74) is 10.9. The van der Waals surface area contributed by atoms with Crippen LogP contribution in [0.25, 0.3) is 0 Å². The number of aromatic nitrogens is 2. The number of nitrogens with one attached hydrogen (secondary N) is 1. The first-order valence-electron chi connectivity index (χ1n) is 11.3. The molecule has 5 rings (SSSR count). The molecule has 0 fully saturated rings. The van der Waals surface area contributed by atoms with Crippen molar-refractivity contribution >= 4 is 5.91 Å². The zero-order chi connectivity index (χ0) is 23.4. The molecule has 4 heteroatoms. The largest absolute Gasteiger partial charge is 0.366 e. The van der Waals surface area contributed by atoms with Crippen LogP contribution < -0.4 is 5.73 Å². The molecule has 1 atom stereocenters. The lowest BCUT2D eigenvalue weighted by Crippen LogP contribution is -2.37. The van der Waals surface area contributed by atoms with Crippen molar-refractivity contribution in [1.29, 1.82) is 0 Å². The van der Waals surface area contributed by atoms with E-state index in [1.807, 2.05) is 36.5 Å². The molecular weight excluding hydrogens is 418 g/mol. The first kappa shape index (κ1) is 21.4. The standard InChI is InChI=1S/C30H25N3O/c31-29(34)23-18-16-22(17-19-23)28(27-20-32-21-33-27)30(24-10-4-1-5-11-24,25-12-6-2-7-13-25)26-14-8-3-9-15-26/h1-21,28H,(H2,31,34)(H,32,33). The van der Waals surface area contributed by atoms with E-state index in [4.69, 9.17) is 5.73 Å². The summed E-state index contributed by atoms with van der Waals surface area (Å²) >= 11 is 0. The molecule has 1 amide bonds. The fourth-order valence-electron chi connectivity index (χ4n) is 5.03. The van der Waals surface area contributed by atoms with Crippen LogP contribution in [-0.4, -0.2) is 15.9 Å². The van der Waals surface area contributed by atoms with Gasteiger partial charge in [-0.1, -0.05) is 103 Å². The van der Waals surface area contributed by atoms with Crippen LogP contribution in [0.5, 0.6) is 0 Å². The highest BCUT2D eigenvalue weighted by Crippen LogP contribution is 2.52. The number of H-pyrrole nitrogens is 1. The van der Waals surface area contributed by atoms with Crippen molar-refractivity contribution in [2.45, 2.75) is 11.3 Å². The minimum absolute atomic E-state index is 0.163. The number of amides is 1. The van der Waals surface area contributed by atoms with Crippen LogP contribution in [0.2, 0.25) is 0 Å². The number of benzene rings is 4. The van der Waals surface area contributed by atoms with E-state index in [0.717, 1.165) is 27.9 Å². The van der Waals surface area contributed by atoms with Gasteiger partial charge < -0.3 is 10.7 Å². The van der Waals surface area contributed by atoms with Crippen LogP contribution >= 0.6 is 0 Å². The fourth-order valence-corrected chi connectivity index (χ4v) is 5.03. The SMILES string of the molecule is NC(=O)c1ccc(C(c2cnc[nH]2)C(c2ccccc2)(c2ccccc2)c2ccccc2)cc1. The summed E-state index contributed by atoms with van der Waals surface area (Å²) in [5.74, 6) is -0.603. The second-order valence-electron chi connectivity index (χ2n) is 8.33. The molecular formula is C30H25N3O. The first-order valence-corrected chi connectivity index (χ1v) is 11.3. The van der Waals surface area contributed by atoms with E-state index in [2.05, 4.69) is 82.8 Å². The van der Waals surface area contributed by atoms with Crippen molar-refractivity contribution < 1.29 is 4.79 Å². The average molecular weight is 444 g/mol. The third kappa shape index (κ3) is 3.69. The Morgan fingerprint density at radius 1 is 0.706 bits per heavy atom. The van der Waals surface area contributed by atoms with Crippen molar-refractivity contribution in [3.05, 3.63) is 161 Å². The maximum absolute atomic E-state index is 11.8. The summed E-state index contributed by atoms with van der Waals surface area (Å²) in [7, 11) is 0. The number of hydrogen-bond acceptors (Lipinski definition) is 2. The van der Waals surface area contributed by atoms with Gasteiger partial charge in [-0.15, -0.1) is 0 Å². The summed E-state index contributed by atoms with van der Waals surface area (Å²) in [6.45, 7) is 0. The predicted octanol–water partition coefficient (Wildman–Crippen LogP) is 5.68. The molecule has 34 heavy (non-hydrogen) atoms. The van der Waals surface area contributed by atoms with Gasteiger partial charge in [0, 0.05) is 23.4 Å². The number of imidazole rings is 1. The monoisotopic (exact) mass is 443 g/mol. The Balaban J connectivity index is 1.89. The molecule has 0 radical (unpaired) electrons. The predicted molar refractivity (Wildman–Crippen MR) is 135 cm³/mol. The minimum atomic E-state index is -0.579. The molecule has 1 aromatic heterocycles. The Kier molecular flexibility index (Phi) is 5.79. The van der Waals surface area contributed by atoms with Gasteiger partial charge in [-0.05, 0) is 34.4 Å². The summed E-state index contributed by atoms with van der Waals surface area (Å²) in [6.07, 6.45) is 3.60. The van der Waals surface area contributed by atoms with Gasteiger partial charge in [-0.2, -0.15) is 0 Å². The first-order chi connectivity index (χ1) is 16.7. The molecule has 4 nitrogen and oxygen atoms in total. The zero-order valence-electron chi connectivity index (χ0n) is 18.6. The number of rotatable bonds is 7. The van der Waals surface area contributed by atoms with E-state index in [0.29, 0.717) is 5.56 Å². The van der Waals surface area contributed by atoms with Gasteiger partial charge >= 0.3 is 0 Å². The normalized spacial score (nSPS) is 12.2. The quantitative estimate of drug-likeness (QED) is 0.318. The molecule has 0 saturated carbocycles. The molecule has 1 unspecified atom stereocenters. The van der Waals surface area contributed by atoms with Gasteiger partial charge in [0.15, 0.2) is 0 Å². The van der Waals surface area contributed by atoms with Gasteiger partial charge in [0.25, 0.3) is 0 Å². The van der Waals surface area contributed by atoms with Crippen molar-refractivity contribution in [3.8, 4) is 0 Å². The van der Waals surface area contributed by atoms with Crippen LogP contribution in [0.1, 0.15) is 44.2 Å². The number of primary amides is 1. The van der Waals surface area contributed by atoms with Crippen molar-refractivity contribution in [3.63, 3.8) is 0 Å². The van der Waals surface area contributed by atoms with Crippen LogP contribution in [0.4, 0.5) is 0 Å². The highest BCUT2D eigenvalue weighted by molar-refractivity contribution is 5.92. The smallest absolute Gasteiger partial charge is 0.248 e. The van der Waals surface area contributed by atoms with Crippen LogP contribution in [0, 0.1) is 0 Å². The zero-order valence-corrected chi connectivity index (χ0v) is 18.6. The van der Waals surface area contributed by atoms with E-state index in [-0.39, 0.29) is 5.92 Å². The molecule has 4 aromatic carbocycles. The van der Waals surface area contributed by atoms with Crippen molar-refractivity contribution in [2.24, 2.45) is 5.73 Å². The Morgan fingerprint density at radius 3 is 1.56 bits per heavy atom. The molecule has 0 aliphatic carbocycles. The molecule has 3 N–H and O–H groups in total. The van der Waals surface area contributed by atoms with Crippen LogP contribution in [0.15, 0.2) is 128 Å². The summed E-state index contributed by atoms with van der Waals surface area (Å²) in [6, 6.07) is 39.3. The topological polar surface area (TPSA) is 71.8 Å². The van der Waals surface area contributed by atoms with Gasteiger partial charge in [0.05, 0.1) is 11.7 Å². The molecule has 0 saturated heterocycles. The number of hydrogen-bond donors (Lipinski definition) is 2. The lowest BCUT2D eigenvalue weighted by Gasteiger charge is -2.43. The van der Waals surface area contributed by atoms with Crippen molar-refractivity contribution in [2.75, 3.05) is 0 Å². The molecule has 1 heterocycles. The molecule has 166 valence electrons. The lowest BCUT2D eigenvalue weighted by molar-refractivity contribution is 0.100. The highest BCUT2D eigenvalue weighted by Gasteiger charge is 2.45. The van der Waals surface area contributed by atoms with Crippen LogP contribution in [-0.2, 0) is 5.41 Å². The van der Waals surface area contributed by atoms with Gasteiger partial charge in [-0.25, -0.2) is 4.98 Å². The van der Waals surface area contributed by atoms with E-state index in [1.165, 1.54) is 0 Å². The minimum Gasteiger partial charge on any atom is -0.366 e. The molecule has 0 aliphatic heterocycles. The second kappa shape index (κ2) is 9.20. The maximum atomic E-state index is 11.8. The maximum Gasteiger partial charge on any atom is 0.248 e. The summed E-state index contributed by atoms with van der Waals surface area (Å²) < 4.78 is 0. The lowest BCUT2D eigenvalue weighted by atomic mass is 9.59. The van der Waals surface area contributed by atoms with E-state index in [1.54, 1.807) is 18.5 Å². The number of aromatic amines is 1. The fraction of sp³-hybridized carbons (Fsp3) is 0.0667. The number of carbonyl (C=O) groups excluding carboxylic acids is 1. The average Bonchev–Trinajstić information content (AvgIpc) is 3.43. The third-order valence-corrected chi connectivity index (χ3v) is 6.48. The van der Waals surface area contributed by atoms with E-state index in [9.17, 15) is 4.79 Å². The molecule has 0 aliphatic rings. The molecule has 5 aromatic rings. The Morgan fingerprint density at radius 2 is 1.18 bits per heavy atom. The Labute approximate surface area is 199 Å². The summed E-state index contributed by atoms with van der Waals surface area (Å²) in [5, 5.41) is 0. The van der Waals surface area contributed by atoms with E-state index >= 15 is 0 Å². The molecule has 0 spiro atoms.